The Bertz CT molecular complexity index is 487. The first-order valence-electron chi connectivity index (χ1n) is 8.61. The van der Waals surface area contributed by atoms with Crippen molar-refractivity contribution in [3.8, 4) is 0 Å². The molecule has 0 saturated carbocycles. The van der Waals surface area contributed by atoms with E-state index < -0.39 is 0 Å². The molecule has 1 aliphatic rings. The Kier molecular flexibility index (Phi) is 8.32. The summed E-state index contributed by atoms with van der Waals surface area (Å²) in [5, 5.41) is 7.55. The lowest BCUT2D eigenvalue weighted by Crippen LogP contribution is -2.40. The monoisotopic (exact) mass is 335 g/mol. The topological polar surface area (TPSA) is 45.7 Å². The number of hydrogen-bond donors (Lipinski definition) is 2. The van der Waals surface area contributed by atoms with E-state index in [9.17, 15) is 0 Å². The second kappa shape index (κ2) is 10.6. The normalized spacial score (nSPS) is 18.2. The molecule has 1 aromatic carbocycles. The maximum Gasteiger partial charge on any atom is 0.191 e. The van der Waals surface area contributed by atoms with E-state index in [1.54, 1.807) is 0 Å². The molecule has 5 heteroatoms. The van der Waals surface area contributed by atoms with Gasteiger partial charge in [0, 0.05) is 24.9 Å². The quantitative estimate of drug-likeness (QED) is 0.566. The van der Waals surface area contributed by atoms with Crippen LogP contribution in [0.25, 0.3) is 0 Å². The molecule has 23 heavy (non-hydrogen) atoms. The van der Waals surface area contributed by atoms with Gasteiger partial charge in [0.1, 0.15) is 0 Å². The van der Waals surface area contributed by atoms with Crippen molar-refractivity contribution in [3.63, 3.8) is 0 Å². The Morgan fingerprint density at radius 2 is 2.09 bits per heavy atom. The zero-order valence-electron chi connectivity index (χ0n) is 14.3. The molecule has 0 radical (unpaired) electrons. The van der Waals surface area contributed by atoms with Crippen LogP contribution in [0.1, 0.15) is 37.8 Å². The van der Waals surface area contributed by atoms with Crippen LogP contribution in [0.4, 0.5) is 0 Å². The van der Waals surface area contributed by atoms with Gasteiger partial charge in [0.15, 0.2) is 5.96 Å². The first-order chi connectivity index (χ1) is 11.3. The minimum Gasteiger partial charge on any atom is -0.377 e. The van der Waals surface area contributed by atoms with Crippen molar-refractivity contribution in [3.05, 3.63) is 35.4 Å². The van der Waals surface area contributed by atoms with Gasteiger partial charge >= 0.3 is 0 Å². The van der Waals surface area contributed by atoms with Gasteiger partial charge in [-0.25, -0.2) is 4.99 Å². The van der Waals surface area contributed by atoms with E-state index >= 15 is 0 Å². The Morgan fingerprint density at radius 3 is 2.78 bits per heavy atom. The van der Waals surface area contributed by atoms with Gasteiger partial charge in [-0.3, -0.25) is 0 Å². The first kappa shape index (κ1) is 18.1. The number of thioether (sulfide) groups is 1. The summed E-state index contributed by atoms with van der Waals surface area (Å²) in [5.41, 5.74) is 2.45. The van der Waals surface area contributed by atoms with Crippen LogP contribution in [-0.2, 0) is 17.9 Å². The highest BCUT2D eigenvalue weighted by molar-refractivity contribution is 8.00. The third-order valence-electron chi connectivity index (χ3n) is 3.85. The number of rotatable bonds is 8. The van der Waals surface area contributed by atoms with E-state index in [1.807, 2.05) is 6.92 Å². The Morgan fingerprint density at radius 1 is 1.26 bits per heavy atom. The van der Waals surface area contributed by atoms with Crippen molar-refractivity contribution < 1.29 is 4.74 Å². The molecule has 1 heterocycles. The molecule has 2 rings (SSSR count). The molecule has 1 aromatic rings. The highest BCUT2D eigenvalue weighted by Crippen LogP contribution is 2.25. The second-order valence-corrected chi connectivity index (χ2v) is 7.03. The zero-order valence-corrected chi connectivity index (χ0v) is 15.1. The Balaban J connectivity index is 1.93. The fraction of sp³-hybridized carbons (Fsp3) is 0.611. The molecule has 1 fully saturated rings. The number of nitrogens with zero attached hydrogens (tertiary/aromatic N) is 1. The largest absolute Gasteiger partial charge is 0.377 e. The third kappa shape index (κ3) is 6.43. The van der Waals surface area contributed by atoms with Crippen molar-refractivity contribution in [1.82, 2.24) is 10.6 Å². The van der Waals surface area contributed by atoms with E-state index in [1.165, 1.54) is 29.7 Å². The summed E-state index contributed by atoms with van der Waals surface area (Å²) in [6, 6.07) is 8.38. The van der Waals surface area contributed by atoms with Crippen LogP contribution in [-0.4, -0.2) is 36.7 Å². The molecule has 0 bridgehead atoms. The SMILES string of the molecule is CCNC(=NCc1ccccc1COCC)NCC1CCCS1. The van der Waals surface area contributed by atoms with Crippen LogP contribution in [0.5, 0.6) is 0 Å². The molecule has 2 N–H and O–H groups in total. The van der Waals surface area contributed by atoms with Gasteiger partial charge in [0.25, 0.3) is 0 Å². The summed E-state index contributed by atoms with van der Waals surface area (Å²) in [7, 11) is 0. The standard InChI is InChI=1S/C18H29N3OS/c1-3-19-18(21-13-17-10-7-11-23-17)20-12-15-8-5-6-9-16(15)14-22-4-2/h5-6,8-9,17H,3-4,7,10-14H2,1-2H3,(H2,19,20,21). The highest BCUT2D eigenvalue weighted by Gasteiger charge is 2.15. The second-order valence-electron chi connectivity index (χ2n) is 5.62. The average Bonchev–Trinajstić information content (AvgIpc) is 3.09. The summed E-state index contributed by atoms with van der Waals surface area (Å²) in [6.45, 7) is 8.07. The number of aliphatic imine (C=N–C) groups is 1. The van der Waals surface area contributed by atoms with Gasteiger partial charge in [0.2, 0.25) is 0 Å². The summed E-state index contributed by atoms with van der Waals surface area (Å²) in [6.07, 6.45) is 2.66. The summed E-state index contributed by atoms with van der Waals surface area (Å²) in [4.78, 5) is 4.74. The van der Waals surface area contributed by atoms with Crippen molar-refractivity contribution in [2.45, 2.75) is 45.1 Å². The van der Waals surface area contributed by atoms with Gasteiger partial charge in [-0.15, -0.1) is 0 Å². The van der Waals surface area contributed by atoms with E-state index in [0.717, 1.165) is 30.9 Å². The lowest BCUT2D eigenvalue weighted by atomic mass is 10.1. The fourth-order valence-corrected chi connectivity index (χ4v) is 3.79. The average molecular weight is 336 g/mol. The van der Waals surface area contributed by atoms with Gasteiger partial charge in [0.05, 0.1) is 13.2 Å². The maximum atomic E-state index is 5.55. The molecule has 0 spiro atoms. The summed E-state index contributed by atoms with van der Waals surface area (Å²) < 4.78 is 5.55. The molecule has 1 saturated heterocycles. The molecular weight excluding hydrogens is 306 g/mol. The van der Waals surface area contributed by atoms with Gasteiger partial charge in [-0.1, -0.05) is 24.3 Å². The van der Waals surface area contributed by atoms with Crippen LogP contribution in [0.15, 0.2) is 29.3 Å². The summed E-state index contributed by atoms with van der Waals surface area (Å²) >= 11 is 2.07. The van der Waals surface area contributed by atoms with Crippen molar-refractivity contribution in [2.75, 3.05) is 25.4 Å². The van der Waals surface area contributed by atoms with Crippen LogP contribution >= 0.6 is 11.8 Å². The number of nitrogens with one attached hydrogen (secondary N) is 2. The van der Waals surface area contributed by atoms with E-state index in [2.05, 4.69) is 53.6 Å². The Hall–Kier alpha value is -1.20. The molecule has 1 atom stereocenters. The van der Waals surface area contributed by atoms with E-state index in [4.69, 9.17) is 9.73 Å². The van der Waals surface area contributed by atoms with Crippen LogP contribution in [0.2, 0.25) is 0 Å². The minimum atomic E-state index is 0.658. The van der Waals surface area contributed by atoms with Crippen LogP contribution < -0.4 is 10.6 Å². The predicted molar refractivity (Wildman–Crippen MR) is 100 cm³/mol. The number of ether oxygens (including phenoxy) is 1. The number of guanidine groups is 1. The minimum absolute atomic E-state index is 0.658. The zero-order chi connectivity index (χ0) is 16.3. The van der Waals surface area contributed by atoms with Crippen LogP contribution in [0, 0.1) is 0 Å². The van der Waals surface area contributed by atoms with E-state index in [0.29, 0.717) is 13.2 Å². The molecule has 0 aliphatic carbocycles. The summed E-state index contributed by atoms with van der Waals surface area (Å²) in [5.74, 6) is 2.20. The van der Waals surface area contributed by atoms with Crippen molar-refractivity contribution in [2.24, 2.45) is 4.99 Å². The molecule has 4 nitrogen and oxygen atoms in total. The highest BCUT2D eigenvalue weighted by atomic mass is 32.2. The smallest absolute Gasteiger partial charge is 0.191 e. The first-order valence-corrected chi connectivity index (χ1v) is 9.66. The van der Waals surface area contributed by atoms with Gasteiger partial charge in [-0.2, -0.15) is 11.8 Å². The lowest BCUT2D eigenvalue weighted by molar-refractivity contribution is 0.133. The van der Waals surface area contributed by atoms with E-state index in [-0.39, 0.29) is 0 Å². The van der Waals surface area contributed by atoms with Crippen molar-refractivity contribution in [1.29, 1.82) is 0 Å². The molecular formula is C18H29N3OS. The fourth-order valence-electron chi connectivity index (χ4n) is 2.59. The molecule has 128 valence electrons. The predicted octanol–water partition coefficient (Wildman–Crippen LogP) is 3.17. The maximum absolute atomic E-state index is 5.55. The molecule has 0 amide bonds. The van der Waals surface area contributed by atoms with Crippen LogP contribution in [0.3, 0.4) is 0 Å². The molecule has 1 aliphatic heterocycles. The molecule has 1 unspecified atom stereocenters. The third-order valence-corrected chi connectivity index (χ3v) is 5.25. The number of hydrogen-bond acceptors (Lipinski definition) is 3. The Labute approximate surface area is 144 Å². The number of benzene rings is 1. The lowest BCUT2D eigenvalue weighted by Gasteiger charge is -2.15. The van der Waals surface area contributed by atoms with Crippen molar-refractivity contribution >= 4 is 17.7 Å². The van der Waals surface area contributed by atoms with Gasteiger partial charge < -0.3 is 15.4 Å². The molecule has 0 aromatic heterocycles. The van der Waals surface area contributed by atoms with Gasteiger partial charge in [-0.05, 0) is 43.6 Å².